The number of hydrogen-bond acceptors (Lipinski definition) is 6. The first-order valence-electron chi connectivity index (χ1n) is 12.2. The van der Waals surface area contributed by atoms with Crippen LogP contribution < -0.4 is 16.0 Å². The molecule has 1 fully saturated rings. The third kappa shape index (κ3) is 5.26. The molecule has 0 bridgehead atoms. The van der Waals surface area contributed by atoms with Gasteiger partial charge in [-0.1, -0.05) is 18.2 Å². The lowest BCUT2D eigenvalue weighted by molar-refractivity contribution is -0.137. The number of carbonyl (C=O) groups excluding carboxylic acids is 1. The maximum absolute atomic E-state index is 13.5. The number of aromatic nitrogens is 2. The van der Waals surface area contributed by atoms with Crippen LogP contribution in [-0.4, -0.2) is 54.0 Å². The number of anilines is 3. The summed E-state index contributed by atoms with van der Waals surface area (Å²) in [4.78, 5) is 25.6. The van der Waals surface area contributed by atoms with Crippen LogP contribution in [0.5, 0.6) is 0 Å². The molecule has 0 saturated carbocycles. The summed E-state index contributed by atoms with van der Waals surface area (Å²) in [5.74, 6) is -0.315. The number of amides is 1. The molecule has 1 aliphatic rings. The third-order valence-corrected chi connectivity index (χ3v) is 6.92. The number of likely N-dealkylation sites (tertiary alicyclic amines) is 1. The highest BCUT2D eigenvalue weighted by molar-refractivity contribution is 6.06. The van der Waals surface area contributed by atoms with Gasteiger partial charge < -0.3 is 20.9 Å². The molecule has 2 heterocycles. The Morgan fingerprint density at radius 3 is 2.63 bits per heavy atom. The van der Waals surface area contributed by atoms with Crippen LogP contribution in [-0.2, 0) is 6.18 Å². The summed E-state index contributed by atoms with van der Waals surface area (Å²) >= 11 is 0. The molecule has 1 aliphatic heterocycles. The molecule has 3 N–H and O–H groups in total. The highest BCUT2D eigenvalue weighted by Crippen LogP contribution is 2.37. The SMILES string of the molecule is CN1CC[C@@H](N(C)c2ccc(C(F)(F)F)cc2NC(=O)c2cccc(-c3ccc4nc(N)ncc4c3)c2)C1. The molecule has 3 aromatic carbocycles. The molecule has 7 nitrogen and oxygen atoms in total. The molecule has 1 aromatic heterocycles. The average molecular weight is 521 g/mol. The van der Waals surface area contributed by atoms with Crippen LogP contribution in [0.3, 0.4) is 0 Å². The number of halogens is 3. The van der Waals surface area contributed by atoms with Gasteiger partial charge in [-0.2, -0.15) is 13.2 Å². The summed E-state index contributed by atoms with van der Waals surface area (Å²) in [6.07, 6.45) is -2.02. The van der Waals surface area contributed by atoms with Gasteiger partial charge >= 0.3 is 6.18 Å². The van der Waals surface area contributed by atoms with E-state index in [1.54, 1.807) is 24.4 Å². The fourth-order valence-corrected chi connectivity index (χ4v) is 4.81. The van der Waals surface area contributed by atoms with Gasteiger partial charge in [-0.25, -0.2) is 9.97 Å². The zero-order chi connectivity index (χ0) is 27.0. The van der Waals surface area contributed by atoms with Crippen molar-refractivity contribution >= 4 is 34.1 Å². The van der Waals surface area contributed by atoms with Crippen LogP contribution in [0.4, 0.5) is 30.5 Å². The number of fused-ring (bicyclic) bond motifs is 1. The predicted octanol–water partition coefficient (Wildman–Crippen LogP) is 5.29. The molecule has 1 atom stereocenters. The van der Waals surface area contributed by atoms with Gasteiger partial charge in [0.15, 0.2) is 0 Å². The lowest BCUT2D eigenvalue weighted by atomic mass is 10.0. The Hall–Kier alpha value is -4.18. The van der Waals surface area contributed by atoms with Crippen molar-refractivity contribution in [2.75, 3.05) is 43.1 Å². The number of nitrogens with zero attached hydrogens (tertiary/aromatic N) is 4. The predicted molar refractivity (Wildman–Crippen MR) is 143 cm³/mol. The van der Waals surface area contributed by atoms with Crippen molar-refractivity contribution in [1.29, 1.82) is 0 Å². The number of nitrogens with two attached hydrogens (primary N) is 1. The van der Waals surface area contributed by atoms with Crippen molar-refractivity contribution in [2.24, 2.45) is 0 Å². The van der Waals surface area contributed by atoms with E-state index in [2.05, 4.69) is 20.2 Å². The van der Waals surface area contributed by atoms with E-state index in [1.165, 1.54) is 6.07 Å². The average Bonchev–Trinajstić information content (AvgIpc) is 3.33. The number of nitrogen functional groups attached to an aromatic ring is 1. The number of alkyl halides is 3. The van der Waals surface area contributed by atoms with Gasteiger partial charge in [0.1, 0.15) is 0 Å². The highest BCUT2D eigenvalue weighted by Gasteiger charge is 2.32. The van der Waals surface area contributed by atoms with Crippen molar-refractivity contribution in [3.8, 4) is 11.1 Å². The summed E-state index contributed by atoms with van der Waals surface area (Å²) in [5.41, 5.74) is 8.13. The summed E-state index contributed by atoms with van der Waals surface area (Å²) in [6, 6.07) is 16.1. The quantitative estimate of drug-likeness (QED) is 0.372. The van der Waals surface area contributed by atoms with Gasteiger partial charge in [0, 0.05) is 36.8 Å². The van der Waals surface area contributed by atoms with Crippen molar-refractivity contribution in [3.63, 3.8) is 0 Å². The van der Waals surface area contributed by atoms with Gasteiger partial charge in [0.05, 0.1) is 22.5 Å². The van der Waals surface area contributed by atoms with E-state index in [-0.39, 0.29) is 17.7 Å². The minimum Gasteiger partial charge on any atom is -0.369 e. The van der Waals surface area contributed by atoms with Gasteiger partial charge in [0.25, 0.3) is 5.91 Å². The van der Waals surface area contributed by atoms with E-state index in [0.29, 0.717) is 16.8 Å². The van der Waals surface area contributed by atoms with Gasteiger partial charge in [-0.05, 0) is 73.6 Å². The van der Waals surface area contributed by atoms with Gasteiger partial charge in [-0.15, -0.1) is 0 Å². The van der Waals surface area contributed by atoms with Crippen molar-refractivity contribution < 1.29 is 18.0 Å². The zero-order valence-corrected chi connectivity index (χ0v) is 21.0. The highest BCUT2D eigenvalue weighted by atomic mass is 19.4. The van der Waals surface area contributed by atoms with Gasteiger partial charge in [-0.3, -0.25) is 4.79 Å². The summed E-state index contributed by atoms with van der Waals surface area (Å²) in [7, 11) is 3.86. The van der Waals surface area contributed by atoms with Crippen LogP contribution in [0.25, 0.3) is 22.0 Å². The second-order valence-electron chi connectivity index (χ2n) is 9.58. The molecule has 5 rings (SSSR count). The first-order chi connectivity index (χ1) is 18.1. The molecular weight excluding hydrogens is 493 g/mol. The number of benzene rings is 3. The van der Waals surface area contributed by atoms with E-state index in [9.17, 15) is 18.0 Å². The Labute approximate surface area is 218 Å². The molecule has 10 heteroatoms. The first kappa shape index (κ1) is 25.5. The molecule has 4 aromatic rings. The Bertz CT molecular complexity index is 1510. The minimum atomic E-state index is -4.53. The second-order valence-corrected chi connectivity index (χ2v) is 9.58. The van der Waals surface area contributed by atoms with Crippen molar-refractivity contribution in [1.82, 2.24) is 14.9 Å². The van der Waals surface area contributed by atoms with E-state index in [0.717, 1.165) is 48.2 Å². The molecule has 196 valence electrons. The molecule has 0 spiro atoms. The smallest absolute Gasteiger partial charge is 0.369 e. The standard InChI is InChI=1S/C28H27F3N6O/c1-36-11-10-22(16-36)37(2)25-9-7-21(28(29,30)31)14-24(25)34-26(38)19-5-3-4-17(12-19)18-6-8-23-20(13-18)15-33-27(32)35-23/h3-9,12-15,22H,10-11,16H2,1-2H3,(H,34,38)(H2,32,33,35)/t22-/m1/s1. The molecule has 0 aliphatic carbocycles. The first-order valence-corrected chi connectivity index (χ1v) is 12.2. The van der Waals surface area contributed by atoms with E-state index in [4.69, 9.17) is 5.73 Å². The molecular formula is C28H27F3N6O. The summed E-state index contributed by atoms with van der Waals surface area (Å²) < 4.78 is 40.6. The fourth-order valence-electron chi connectivity index (χ4n) is 4.81. The lowest BCUT2D eigenvalue weighted by Crippen LogP contribution is -2.34. The summed E-state index contributed by atoms with van der Waals surface area (Å²) in [5, 5.41) is 3.53. The number of hydrogen-bond donors (Lipinski definition) is 2. The van der Waals surface area contributed by atoms with E-state index < -0.39 is 17.6 Å². The molecule has 1 saturated heterocycles. The molecule has 38 heavy (non-hydrogen) atoms. The van der Waals surface area contributed by atoms with Crippen LogP contribution in [0.2, 0.25) is 0 Å². The Kier molecular flexibility index (Phi) is 6.66. The minimum absolute atomic E-state index is 0.118. The lowest BCUT2D eigenvalue weighted by Gasteiger charge is -2.29. The third-order valence-electron chi connectivity index (χ3n) is 6.92. The normalized spacial score (nSPS) is 16.1. The van der Waals surface area contributed by atoms with Crippen LogP contribution in [0, 0.1) is 0 Å². The number of nitrogens with one attached hydrogen (secondary N) is 1. The Morgan fingerprint density at radius 1 is 1.11 bits per heavy atom. The van der Waals surface area contributed by atoms with E-state index >= 15 is 0 Å². The Balaban J connectivity index is 1.45. The topological polar surface area (TPSA) is 87.4 Å². The van der Waals surface area contributed by atoms with Crippen LogP contribution >= 0.6 is 0 Å². The van der Waals surface area contributed by atoms with E-state index in [1.807, 2.05) is 43.3 Å². The van der Waals surface area contributed by atoms with Crippen molar-refractivity contribution in [2.45, 2.75) is 18.6 Å². The Morgan fingerprint density at radius 2 is 1.89 bits per heavy atom. The van der Waals surface area contributed by atoms with Gasteiger partial charge in [0.2, 0.25) is 5.95 Å². The second kappa shape index (κ2) is 9.94. The number of likely N-dealkylation sites (N-methyl/N-ethyl adjacent to an activating group) is 2. The summed E-state index contributed by atoms with van der Waals surface area (Å²) in [6.45, 7) is 1.69. The fraction of sp³-hybridized carbons (Fsp3) is 0.250. The maximum atomic E-state index is 13.5. The maximum Gasteiger partial charge on any atom is 0.416 e. The molecule has 0 unspecified atom stereocenters. The molecule has 1 amide bonds. The number of carbonyl (C=O) groups is 1. The monoisotopic (exact) mass is 520 g/mol. The van der Waals surface area contributed by atoms with Crippen molar-refractivity contribution in [3.05, 3.63) is 78.0 Å². The number of rotatable bonds is 5. The largest absolute Gasteiger partial charge is 0.416 e. The van der Waals surface area contributed by atoms with Crippen LogP contribution in [0.15, 0.2) is 66.9 Å². The zero-order valence-electron chi connectivity index (χ0n) is 21.0. The molecule has 0 radical (unpaired) electrons. The van der Waals surface area contributed by atoms with Crippen LogP contribution in [0.1, 0.15) is 22.3 Å².